The van der Waals surface area contributed by atoms with E-state index in [9.17, 15) is 22.8 Å². The summed E-state index contributed by atoms with van der Waals surface area (Å²) < 4.78 is 38.8. The van der Waals surface area contributed by atoms with E-state index in [1.165, 1.54) is 12.1 Å². The number of alkyl halides is 3. The first-order valence-electron chi connectivity index (χ1n) is 8.08. The van der Waals surface area contributed by atoms with E-state index in [1.807, 2.05) is 12.2 Å². The minimum Gasteiger partial charge on any atom is -0.274 e. The van der Waals surface area contributed by atoms with Crippen LogP contribution < -0.4 is 4.90 Å². The van der Waals surface area contributed by atoms with Crippen LogP contribution in [0.3, 0.4) is 0 Å². The molecule has 3 aliphatic carbocycles. The fourth-order valence-corrected chi connectivity index (χ4v) is 5.15. The van der Waals surface area contributed by atoms with Gasteiger partial charge in [-0.2, -0.15) is 13.2 Å². The molecule has 1 saturated heterocycles. The van der Waals surface area contributed by atoms with E-state index in [0.717, 1.165) is 29.9 Å². The highest BCUT2D eigenvalue weighted by molar-refractivity contribution is 6.23. The Kier molecular flexibility index (Phi) is 2.44. The standard InChI is InChI=1S/C18H14F3NO2/c19-18(20,21)9-2-1-3-10(8-9)22-15(23)13-11-4-5-12(14(13)16(22)24)17(11)6-7-17/h1-5,8,11-14H,6-7H2/t11-,12-,13-,14+/m0/s1. The number of nitrogens with zero attached hydrogens (tertiary/aromatic N) is 1. The van der Waals surface area contributed by atoms with Gasteiger partial charge in [-0.3, -0.25) is 14.5 Å². The number of carbonyl (C=O) groups excluding carboxylic acids is 2. The fourth-order valence-electron chi connectivity index (χ4n) is 5.15. The summed E-state index contributed by atoms with van der Waals surface area (Å²) in [5.74, 6) is -1.34. The maximum Gasteiger partial charge on any atom is 0.416 e. The van der Waals surface area contributed by atoms with Gasteiger partial charge in [0.05, 0.1) is 23.1 Å². The Balaban J connectivity index is 1.54. The normalized spacial score (nSPS) is 35.2. The Morgan fingerprint density at radius 1 is 1.00 bits per heavy atom. The van der Waals surface area contributed by atoms with Crippen molar-refractivity contribution in [1.29, 1.82) is 0 Å². The third kappa shape index (κ3) is 1.54. The SMILES string of the molecule is O=C1[C@@H]2[C@H](C(=O)N1c1cccc(C(F)(F)F)c1)[C@@H]1C=C[C@@H]2C12CC2. The third-order valence-electron chi connectivity index (χ3n) is 6.28. The maximum atomic E-state index is 12.9. The van der Waals surface area contributed by atoms with Crippen LogP contribution in [0.5, 0.6) is 0 Å². The lowest BCUT2D eigenvalue weighted by atomic mass is 9.85. The van der Waals surface area contributed by atoms with Crippen LogP contribution >= 0.6 is 0 Å². The van der Waals surface area contributed by atoms with Gasteiger partial charge < -0.3 is 0 Å². The lowest BCUT2D eigenvalue weighted by molar-refractivity contribution is -0.137. The van der Waals surface area contributed by atoms with E-state index in [0.29, 0.717) is 0 Å². The minimum absolute atomic E-state index is 0.0264. The summed E-state index contributed by atoms with van der Waals surface area (Å²) in [5, 5.41) is 0. The zero-order valence-electron chi connectivity index (χ0n) is 12.6. The van der Waals surface area contributed by atoms with E-state index >= 15 is 0 Å². The zero-order chi connectivity index (χ0) is 16.9. The second-order valence-electron chi connectivity index (χ2n) is 7.28. The zero-order valence-corrected chi connectivity index (χ0v) is 12.6. The molecule has 2 saturated carbocycles. The van der Waals surface area contributed by atoms with Crippen LogP contribution in [0.25, 0.3) is 0 Å². The Hall–Kier alpha value is -2.11. The van der Waals surface area contributed by atoms with E-state index in [1.54, 1.807) is 0 Å². The van der Waals surface area contributed by atoms with Crippen molar-refractivity contribution >= 4 is 17.5 Å². The number of anilines is 1. The van der Waals surface area contributed by atoms with Crippen molar-refractivity contribution in [1.82, 2.24) is 0 Å². The van der Waals surface area contributed by atoms with Gasteiger partial charge in [0.1, 0.15) is 0 Å². The monoisotopic (exact) mass is 333 g/mol. The quantitative estimate of drug-likeness (QED) is 0.583. The van der Waals surface area contributed by atoms with E-state index in [4.69, 9.17) is 0 Å². The van der Waals surface area contributed by atoms with Crippen molar-refractivity contribution in [3.8, 4) is 0 Å². The molecule has 0 unspecified atom stereocenters. The van der Waals surface area contributed by atoms with Gasteiger partial charge in [0.2, 0.25) is 11.8 Å². The minimum atomic E-state index is -4.50. The summed E-state index contributed by atoms with van der Waals surface area (Å²) in [7, 11) is 0. The van der Waals surface area contributed by atoms with Gasteiger partial charge in [-0.25, -0.2) is 0 Å². The number of allylic oxidation sites excluding steroid dienone is 2. The number of rotatable bonds is 1. The number of hydrogen-bond acceptors (Lipinski definition) is 2. The Labute approximate surface area is 136 Å². The van der Waals surface area contributed by atoms with Crippen LogP contribution in [0.4, 0.5) is 18.9 Å². The number of fused-ring (bicyclic) bond motifs is 3. The summed E-state index contributed by atoms with van der Waals surface area (Å²) >= 11 is 0. The first-order chi connectivity index (χ1) is 11.3. The molecule has 2 amide bonds. The molecule has 3 fully saturated rings. The van der Waals surface area contributed by atoms with Crippen molar-refractivity contribution in [2.45, 2.75) is 19.0 Å². The highest BCUT2D eigenvalue weighted by Crippen LogP contribution is 2.73. The number of hydrogen-bond donors (Lipinski definition) is 0. The molecule has 2 bridgehead atoms. The molecule has 5 rings (SSSR count). The van der Waals surface area contributed by atoms with Gasteiger partial charge in [0, 0.05) is 0 Å². The van der Waals surface area contributed by atoms with Gasteiger partial charge in [0.25, 0.3) is 0 Å². The maximum absolute atomic E-state index is 12.9. The van der Waals surface area contributed by atoms with Gasteiger partial charge in [0.15, 0.2) is 0 Å². The van der Waals surface area contributed by atoms with Crippen LogP contribution in [0.2, 0.25) is 0 Å². The Morgan fingerprint density at radius 3 is 2.08 bits per heavy atom. The van der Waals surface area contributed by atoms with Crippen LogP contribution in [0.1, 0.15) is 18.4 Å². The molecule has 4 aliphatic rings. The number of amides is 2. The van der Waals surface area contributed by atoms with Crippen molar-refractivity contribution < 1.29 is 22.8 Å². The van der Waals surface area contributed by atoms with Gasteiger partial charge in [-0.15, -0.1) is 0 Å². The highest BCUT2D eigenvalue weighted by atomic mass is 19.4. The smallest absolute Gasteiger partial charge is 0.274 e. The van der Waals surface area contributed by atoms with E-state index in [-0.39, 0.29) is 34.8 Å². The summed E-state index contributed by atoms with van der Waals surface area (Å²) in [6.45, 7) is 0. The van der Waals surface area contributed by atoms with E-state index < -0.39 is 23.6 Å². The van der Waals surface area contributed by atoms with Crippen LogP contribution in [-0.4, -0.2) is 11.8 Å². The first-order valence-corrected chi connectivity index (χ1v) is 8.08. The molecule has 1 spiro atoms. The lowest BCUT2D eigenvalue weighted by Gasteiger charge is -2.22. The van der Waals surface area contributed by atoms with Crippen LogP contribution in [0.15, 0.2) is 36.4 Å². The van der Waals surface area contributed by atoms with Crippen molar-refractivity contribution in [2.75, 3.05) is 4.90 Å². The number of carbonyl (C=O) groups is 2. The van der Waals surface area contributed by atoms with Crippen molar-refractivity contribution in [3.63, 3.8) is 0 Å². The predicted octanol–water partition coefficient (Wildman–Crippen LogP) is 3.41. The molecular formula is C18H14F3NO2. The van der Waals surface area contributed by atoms with Gasteiger partial charge in [-0.05, 0) is 48.3 Å². The third-order valence-corrected chi connectivity index (χ3v) is 6.28. The molecule has 4 atom stereocenters. The summed E-state index contributed by atoms with van der Waals surface area (Å²) in [6, 6.07) is 4.47. The van der Waals surface area contributed by atoms with Crippen LogP contribution in [-0.2, 0) is 15.8 Å². The summed E-state index contributed by atoms with van der Waals surface area (Å²) in [4.78, 5) is 26.7. The average Bonchev–Trinajstić information content (AvgIpc) is 3.12. The second-order valence-corrected chi connectivity index (χ2v) is 7.28. The van der Waals surface area contributed by atoms with Gasteiger partial charge >= 0.3 is 6.18 Å². The molecule has 1 heterocycles. The molecule has 6 heteroatoms. The Morgan fingerprint density at radius 2 is 1.58 bits per heavy atom. The highest BCUT2D eigenvalue weighted by Gasteiger charge is 2.73. The van der Waals surface area contributed by atoms with Crippen LogP contribution in [0, 0.1) is 29.1 Å². The number of imide groups is 1. The van der Waals surface area contributed by atoms with Gasteiger partial charge in [-0.1, -0.05) is 18.2 Å². The molecule has 0 N–H and O–H groups in total. The summed E-state index contributed by atoms with van der Waals surface area (Å²) in [6.07, 6.45) is 1.65. The molecule has 1 aliphatic heterocycles. The van der Waals surface area contributed by atoms with E-state index in [2.05, 4.69) is 0 Å². The predicted molar refractivity (Wildman–Crippen MR) is 78.7 cm³/mol. The molecule has 0 aromatic heterocycles. The number of halogens is 3. The average molecular weight is 333 g/mol. The first kappa shape index (κ1) is 14.3. The van der Waals surface area contributed by atoms with Crippen molar-refractivity contribution in [2.24, 2.45) is 29.1 Å². The summed E-state index contributed by atoms with van der Waals surface area (Å²) in [5.41, 5.74) is -0.739. The number of benzene rings is 1. The molecular weight excluding hydrogens is 319 g/mol. The topological polar surface area (TPSA) is 37.4 Å². The molecule has 24 heavy (non-hydrogen) atoms. The molecule has 124 valence electrons. The molecule has 3 nitrogen and oxygen atoms in total. The Bertz CT molecular complexity index is 775. The molecule has 1 aromatic rings. The van der Waals surface area contributed by atoms with Crippen molar-refractivity contribution in [3.05, 3.63) is 42.0 Å². The largest absolute Gasteiger partial charge is 0.416 e. The fraction of sp³-hybridized carbons (Fsp3) is 0.444. The second kappa shape index (κ2) is 4.10. The molecule has 0 radical (unpaired) electrons. The molecule has 1 aromatic carbocycles. The lowest BCUT2D eigenvalue weighted by Crippen LogP contribution is -2.34.